The molecular weight excluding hydrogens is 300 g/mol. The summed E-state index contributed by atoms with van der Waals surface area (Å²) in [4.78, 5) is 0.0781. The monoisotopic (exact) mass is 320 g/mol. The van der Waals surface area contributed by atoms with Gasteiger partial charge in [-0.05, 0) is 26.2 Å². The van der Waals surface area contributed by atoms with Gasteiger partial charge in [0.1, 0.15) is 4.90 Å². The first-order valence-electron chi connectivity index (χ1n) is 7.06. The average Bonchev–Trinajstić information content (AvgIpc) is 3.02. The highest BCUT2D eigenvalue weighted by atomic mass is 35.7. The maximum atomic E-state index is 11.7. The van der Waals surface area contributed by atoms with E-state index in [4.69, 9.17) is 15.4 Å². The van der Waals surface area contributed by atoms with E-state index in [9.17, 15) is 8.42 Å². The molecule has 1 heterocycles. The number of nitrogens with zero attached hydrogens (tertiary/aromatic N) is 2. The first-order valence-corrected chi connectivity index (χ1v) is 9.37. The van der Waals surface area contributed by atoms with E-state index < -0.39 is 9.05 Å². The third-order valence-electron chi connectivity index (χ3n) is 3.87. The van der Waals surface area contributed by atoms with Gasteiger partial charge < -0.3 is 4.74 Å². The topological polar surface area (TPSA) is 61.2 Å². The molecule has 1 aromatic heterocycles. The van der Waals surface area contributed by atoms with Gasteiger partial charge in [-0.1, -0.05) is 19.8 Å². The van der Waals surface area contributed by atoms with Crippen LogP contribution >= 0.6 is 10.7 Å². The Kier molecular flexibility index (Phi) is 5.09. The molecular formula is C13H21ClN2O3S. The first-order chi connectivity index (χ1) is 9.43. The van der Waals surface area contributed by atoms with Crippen molar-refractivity contribution >= 4 is 19.7 Å². The van der Waals surface area contributed by atoms with Crippen LogP contribution in [-0.4, -0.2) is 24.3 Å². The Labute approximate surface area is 124 Å². The Balaban J connectivity index is 2.29. The van der Waals surface area contributed by atoms with Gasteiger partial charge in [0.25, 0.3) is 9.05 Å². The molecule has 1 fully saturated rings. The summed E-state index contributed by atoms with van der Waals surface area (Å²) >= 11 is 0. The molecule has 0 spiro atoms. The van der Waals surface area contributed by atoms with Crippen molar-refractivity contribution in [3.63, 3.8) is 0 Å². The summed E-state index contributed by atoms with van der Waals surface area (Å²) in [6.45, 7) is 4.22. The Morgan fingerprint density at radius 1 is 1.50 bits per heavy atom. The van der Waals surface area contributed by atoms with Gasteiger partial charge in [0.2, 0.25) is 0 Å². The van der Waals surface area contributed by atoms with Gasteiger partial charge in [-0.25, -0.2) is 8.42 Å². The van der Waals surface area contributed by atoms with Crippen molar-refractivity contribution in [1.82, 2.24) is 9.78 Å². The largest absolute Gasteiger partial charge is 0.372 e. The Morgan fingerprint density at radius 3 is 2.70 bits per heavy atom. The van der Waals surface area contributed by atoms with Gasteiger partial charge in [0, 0.05) is 10.7 Å². The number of hydrogen-bond acceptors (Lipinski definition) is 4. The molecule has 0 bridgehead atoms. The van der Waals surface area contributed by atoms with Crippen LogP contribution in [0.3, 0.4) is 0 Å². The summed E-state index contributed by atoms with van der Waals surface area (Å²) in [6.07, 6.45) is 6.65. The number of aromatic nitrogens is 2. The summed E-state index contributed by atoms with van der Waals surface area (Å²) in [6, 6.07) is 0.262. The summed E-state index contributed by atoms with van der Waals surface area (Å²) in [5.74, 6) is 0. The zero-order chi connectivity index (χ0) is 14.8. The third kappa shape index (κ3) is 3.54. The minimum absolute atomic E-state index is 0.0767. The van der Waals surface area contributed by atoms with Crippen LogP contribution < -0.4 is 0 Å². The van der Waals surface area contributed by atoms with Crippen LogP contribution in [0.5, 0.6) is 0 Å². The van der Waals surface area contributed by atoms with Gasteiger partial charge in [-0.2, -0.15) is 5.10 Å². The van der Waals surface area contributed by atoms with E-state index in [1.807, 2.05) is 13.8 Å². The zero-order valence-corrected chi connectivity index (χ0v) is 13.5. The molecule has 1 atom stereocenters. The maximum Gasteiger partial charge on any atom is 0.264 e. The fraction of sp³-hybridized carbons (Fsp3) is 0.769. The third-order valence-corrected chi connectivity index (χ3v) is 5.24. The van der Waals surface area contributed by atoms with Crippen LogP contribution in [0.1, 0.15) is 57.7 Å². The second-order valence-corrected chi connectivity index (χ2v) is 7.84. The molecule has 20 heavy (non-hydrogen) atoms. The highest BCUT2D eigenvalue weighted by Crippen LogP contribution is 2.32. The fourth-order valence-corrected chi connectivity index (χ4v) is 3.51. The minimum atomic E-state index is -3.79. The highest BCUT2D eigenvalue weighted by molar-refractivity contribution is 8.13. The summed E-state index contributed by atoms with van der Waals surface area (Å²) < 4.78 is 30.8. The number of rotatable bonds is 6. The average molecular weight is 321 g/mol. The number of halogens is 1. The molecule has 1 saturated carbocycles. The normalized spacial score (nSPS) is 18.6. The van der Waals surface area contributed by atoms with E-state index in [0.29, 0.717) is 5.69 Å². The van der Waals surface area contributed by atoms with Gasteiger partial charge >= 0.3 is 0 Å². The van der Waals surface area contributed by atoms with Crippen LogP contribution in [0.15, 0.2) is 11.1 Å². The van der Waals surface area contributed by atoms with Crippen molar-refractivity contribution in [3.8, 4) is 0 Å². The van der Waals surface area contributed by atoms with Crippen molar-refractivity contribution in [2.24, 2.45) is 0 Å². The maximum absolute atomic E-state index is 11.7. The van der Waals surface area contributed by atoms with Crippen LogP contribution in [0.25, 0.3) is 0 Å². The van der Waals surface area contributed by atoms with Crippen LogP contribution in [0.4, 0.5) is 0 Å². The van der Waals surface area contributed by atoms with Crippen molar-refractivity contribution in [1.29, 1.82) is 0 Å². The summed E-state index contributed by atoms with van der Waals surface area (Å²) in [5.41, 5.74) is 0.576. The standard InChI is InChI=1S/C13H21ClN2O3S/c1-3-10(2)19-9-12-13(20(14,17)18)8-15-16(12)11-6-4-5-7-11/h8,10-11H,3-7,9H2,1-2H3/t10-/m0/s1. The van der Waals surface area contributed by atoms with Gasteiger partial charge in [0.15, 0.2) is 0 Å². The van der Waals surface area contributed by atoms with Gasteiger partial charge in [-0.15, -0.1) is 0 Å². The summed E-state index contributed by atoms with van der Waals surface area (Å²) in [5, 5.41) is 4.24. The molecule has 0 amide bonds. The lowest BCUT2D eigenvalue weighted by Crippen LogP contribution is -2.15. The molecule has 1 aliphatic rings. The van der Waals surface area contributed by atoms with Gasteiger partial charge in [0.05, 0.1) is 30.6 Å². The molecule has 5 nitrogen and oxygen atoms in total. The second-order valence-electron chi connectivity index (χ2n) is 5.31. The predicted molar refractivity (Wildman–Crippen MR) is 77.3 cm³/mol. The second kappa shape index (κ2) is 6.45. The lowest BCUT2D eigenvalue weighted by molar-refractivity contribution is 0.0445. The van der Waals surface area contributed by atoms with E-state index >= 15 is 0 Å². The molecule has 1 aromatic rings. The SMILES string of the molecule is CC[C@H](C)OCc1c(S(=O)(=O)Cl)cnn1C1CCCC1. The van der Waals surface area contributed by atoms with Crippen LogP contribution in [0, 0.1) is 0 Å². The number of ether oxygens (including phenoxy) is 1. The minimum Gasteiger partial charge on any atom is -0.372 e. The van der Waals surface area contributed by atoms with E-state index in [2.05, 4.69) is 5.10 Å². The van der Waals surface area contributed by atoms with Crippen molar-refractivity contribution < 1.29 is 13.2 Å². The first kappa shape index (κ1) is 15.8. The lowest BCUT2D eigenvalue weighted by Gasteiger charge is -2.17. The van der Waals surface area contributed by atoms with Crippen LogP contribution in [0.2, 0.25) is 0 Å². The molecule has 7 heteroatoms. The molecule has 2 rings (SSSR count). The van der Waals surface area contributed by atoms with E-state index in [0.717, 1.165) is 32.1 Å². The molecule has 114 valence electrons. The fourth-order valence-electron chi connectivity index (χ4n) is 2.52. The summed E-state index contributed by atoms with van der Waals surface area (Å²) in [7, 11) is 1.71. The molecule has 0 aliphatic heterocycles. The molecule has 0 radical (unpaired) electrons. The predicted octanol–water partition coefficient (Wildman–Crippen LogP) is 3.24. The Morgan fingerprint density at radius 2 is 2.15 bits per heavy atom. The molecule has 0 N–H and O–H groups in total. The molecule has 0 unspecified atom stereocenters. The molecule has 0 aromatic carbocycles. The Bertz CT molecular complexity index is 550. The van der Waals surface area contributed by atoms with E-state index in [1.54, 1.807) is 4.68 Å². The lowest BCUT2D eigenvalue weighted by atomic mass is 10.2. The van der Waals surface area contributed by atoms with E-state index in [1.165, 1.54) is 6.20 Å². The van der Waals surface area contributed by atoms with E-state index in [-0.39, 0.29) is 23.6 Å². The zero-order valence-electron chi connectivity index (χ0n) is 11.9. The molecule has 0 saturated heterocycles. The van der Waals surface area contributed by atoms with Crippen LogP contribution in [-0.2, 0) is 20.4 Å². The number of hydrogen-bond donors (Lipinski definition) is 0. The van der Waals surface area contributed by atoms with Crippen molar-refractivity contribution in [2.75, 3.05) is 0 Å². The quantitative estimate of drug-likeness (QED) is 0.755. The smallest absolute Gasteiger partial charge is 0.264 e. The molecule has 1 aliphatic carbocycles. The highest BCUT2D eigenvalue weighted by Gasteiger charge is 2.27. The van der Waals surface area contributed by atoms with Crippen molar-refractivity contribution in [3.05, 3.63) is 11.9 Å². The van der Waals surface area contributed by atoms with Gasteiger partial charge in [-0.3, -0.25) is 4.68 Å². The van der Waals surface area contributed by atoms with Crippen molar-refractivity contribution in [2.45, 2.75) is 69.6 Å². The Hall–Kier alpha value is -0.590.